The number of carbonyl (C=O) groups is 1. The maximum Gasteiger partial charge on any atom is 0.419 e. The molecular formula is C21H11F3N2O2. The SMILES string of the molecule is O=C1c2c(nc3ccccc3c2Oc2ccccc2C(F)(F)F)-c2cccn21. The number of hydrogen-bond acceptors (Lipinski definition) is 3. The quantitative estimate of drug-likeness (QED) is 0.405. The minimum atomic E-state index is -4.59. The Morgan fingerprint density at radius 2 is 1.68 bits per heavy atom. The zero-order valence-electron chi connectivity index (χ0n) is 14.2. The van der Waals surface area contributed by atoms with Gasteiger partial charge in [-0.3, -0.25) is 9.36 Å². The Bertz CT molecular complexity index is 1260. The summed E-state index contributed by atoms with van der Waals surface area (Å²) in [7, 11) is 0. The average Bonchev–Trinajstić information content (AvgIpc) is 3.25. The van der Waals surface area contributed by atoms with Gasteiger partial charge in [0.25, 0.3) is 5.91 Å². The predicted octanol–water partition coefficient (Wildman–Crippen LogP) is 5.52. The second-order valence-electron chi connectivity index (χ2n) is 6.35. The lowest BCUT2D eigenvalue weighted by atomic mass is 10.1. The smallest absolute Gasteiger partial charge is 0.419 e. The van der Waals surface area contributed by atoms with Crippen LogP contribution in [0.1, 0.15) is 15.9 Å². The normalized spacial score (nSPS) is 12.9. The van der Waals surface area contributed by atoms with Crippen molar-refractivity contribution >= 4 is 16.8 Å². The summed E-state index contributed by atoms with van der Waals surface area (Å²) in [6, 6.07) is 15.3. The summed E-state index contributed by atoms with van der Waals surface area (Å²) in [5, 5.41) is 0.470. The van der Waals surface area contributed by atoms with Crippen LogP contribution in [0.4, 0.5) is 13.2 Å². The molecule has 3 heterocycles. The van der Waals surface area contributed by atoms with Gasteiger partial charge in [-0.05, 0) is 36.4 Å². The van der Waals surface area contributed by atoms with Gasteiger partial charge in [0.1, 0.15) is 17.0 Å². The van der Waals surface area contributed by atoms with E-state index in [1.54, 1.807) is 42.6 Å². The number of rotatable bonds is 2. The summed E-state index contributed by atoms with van der Waals surface area (Å²) in [6.45, 7) is 0. The number of aromatic nitrogens is 2. The van der Waals surface area contributed by atoms with Gasteiger partial charge >= 0.3 is 6.18 Å². The zero-order chi connectivity index (χ0) is 19.5. The maximum atomic E-state index is 13.4. The van der Waals surface area contributed by atoms with E-state index in [2.05, 4.69) is 4.98 Å². The Labute approximate surface area is 156 Å². The van der Waals surface area contributed by atoms with Crippen LogP contribution < -0.4 is 4.74 Å². The molecule has 0 radical (unpaired) electrons. The van der Waals surface area contributed by atoms with Crippen LogP contribution in [0, 0.1) is 0 Å². The van der Waals surface area contributed by atoms with E-state index in [0.717, 1.165) is 6.07 Å². The molecule has 0 unspecified atom stereocenters. The monoisotopic (exact) mass is 380 g/mol. The van der Waals surface area contributed by atoms with Crippen molar-refractivity contribution in [3.05, 3.63) is 78.0 Å². The standard InChI is InChI=1S/C21H11F3N2O2/c22-21(23,24)13-7-2-4-10-16(13)28-19-12-6-1-3-8-14(12)25-18-15-9-5-11-26(15)20(27)17(18)19/h1-11H. The molecule has 1 aliphatic rings. The van der Waals surface area contributed by atoms with Crippen molar-refractivity contribution < 1.29 is 22.7 Å². The fraction of sp³-hybridized carbons (Fsp3) is 0.0476. The second kappa shape index (κ2) is 5.69. The number of halogens is 3. The lowest BCUT2D eigenvalue weighted by Crippen LogP contribution is -2.09. The number of ether oxygens (including phenoxy) is 1. The third-order valence-electron chi connectivity index (χ3n) is 4.67. The highest BCUT2D eigenvalue weighted by molar-refractivity contribution is 6.13. The molecule has 4 nitrogen and oxygen atoms in total. The van der Waals surface area contributed by atoms with Gasteiger partial charge in [0.05, 0.1) is 16.8 Å². The molecule has 0 atom stereocenters. The van der Waals surface area contributed by atoms with Gasteiger partial charge in [0.2, 0.25) is 0 Å². The Hall–Kier alpha value is -3.61. The molecule has 2 aromatic carbocycles. The Morgan fingerprint density at radius 1 is 0.929 bits per heavy atom. The van der Waals surface area contributed by atoms with E-state index in [1.807, 2.05) is 0 Å². The first-order valence-corrected chi connectivity index (χ1v) is 8.44. The summed E-state index contributed by atoms with van der Waals surface area (Å²) in [6.07, 6.45) is -2.99. The molecular weight excluding hydrogens is 369 g/mol. The highest BCUT2D eigenvalue weighted by Crippen LogP contribution is 2.44. The van der Waals surface area contributed by atoms with Crippen molar-refractivity contribution in [2.75, 3.05) is 0 Å². The first-order valence-electron chi connectivity index (χ1n) is 8.44. The largest absolute Gasteiger partial charge is 0.455 e. The fourth-order valence-corrected chi connectivity index (χ4v) is 3.44. The Kier molecular flexibility index (Phi) is 3.37. The molecule has 0 amide bonds. The highest BCUT2D eigenvalue weighted by atomic mass is 19.4. The molecule has 7 heteroatoms. The molecule has 0 aliphatic carbocycles. The number of nitrogens with zero attached hydrogens (tertiary/aromatic N) is 2. The molecule has 0 fully saturated rings. The molecule has 0 saturated heterocycles. The van der Waals surface area contributed by atoms with E-state index >= 15 is 0 Å². The van der Waals surface area contributed by atoms with Crippen molar-refractivity contribution in [3.8, 4) is 22.9 Å². The minimum absolute atomic E-state index is 0.0750. The predicted molar refractivity (Wildman–Crippen MR) is 96.4 cm³/mol. The summed E-state index contributed by atoms with van der Waals surface area (Å²) in [5.74, 6) is -0.670. The number of hydrogen-bond donors (Lipinski definition) is 0. The highest BCUT2D eigenvalue weighted by Gasteiger charge is 2.36. The van der Waals surface area contributed by atoms with Crippen LogP contribution in [0.2, 0.25) is 0 Å². The van der Waals surface area contributed by atoms with E-state index in [4.69, 9.17) is 4.74 Å². The van der Waals surface area contributed by atoms with Crippen LogP contribution >= 0.6 is 0 Å². The minimum Gasteiger partial charge on any atom is -0.455 e. The Morgan fingerprint density at radius 3 is 2.50 bits per heavy atom. The molecule has 0 spiro atoms. The Balaban J connectivity index is 1.79. The van der Waals surface area contributed by atoms with Crippen LogP contribution in [0.5, 0.6) is 11.5 Å². The van der Waals surface area contributed by atoms with Crippen molar-refractivity contribution in [2.24, 2.45) is 0 Å². The summed E-state index contributed by atoms with van der Waals surface area (Å²) in [4.78, 5) is 17.5. The van der Waals surface area contributed by atoms with E-state index in [-0.39, 0.29) is 23.0 Å². The first-order chi connectivity index (χ1) is 13.4. The van der Waals surface area contributed by atoms with Gasteiger partial charge in [0, 0.05) is 11.6 Å². The molecule has 0 N–H and O–H groups in total. The van der Waals surface area contributed by atoms with Crippen LogP contribution in [-0.4, -0.2) is 15.5 Å². The van der Waals surface area contributed by atoms with Crippen molar-refractivity contribution in [1.29, 1.82) is 0 Å². The van der Waals surface area contributed by atoms with Gasteiger partial charge < -0.3 is 4.74 Å². The second-order valence-corrected chi connectivity index (χ2v) is 6.35. The first kappa shape index (κ1) is 16.6. The molecule has 138 valence electrons. The van der Waals surface area contributed by atoms with E-state index < -0.39 is 11.7 Å². The van der Waals surface area contributed by atoms with E-state index in [9.17, 15) is 18.0 Å². The van der Waals surface area contributed by atoms with E-state index in [1.165, 1.54) is 22.8 Å². The van der Waals surface area contributed by atoms with Gasteiger partial charge in [-0.25, -0.2) is 4.98 Å². The lowest BCUT2D eigenvalue weighted by molar-refractivity contribution is -0.138. The van der Waals surface area contributed by atoms with Crippen LogP contribution in [-0.2, 0) is 6.18 Å². The third-order valence-corrected chi connectivity index (χ3v) is 4.67. The van der Waals surface area contributed by atoms with Gasteiger partial charge in [-0.15, -0.1) is 0 Å². The number of alkyl halides is 3. The number of fused-ring (bicyclic) bond motifs is 4. The molecule has 0 saturated carbocycles. The van der Waals surface area contributed by atoms with Gasteiger partial charge in [-0.1, -0.05) is 24.3 Å². The number of benzene rings is 2. The van der Waals surface area contributed by atoms with Crippen molar-refractivity contribution in [3.63, 3.8) is 0 Å². The van der Waals surface area contributed by atoms with Crippen molar-refractivity contribution in [2.45, 2.75) is 6.18 Å². The topological polar surface area (TPSA) is 44.1 Å². The number of para-hydroxylation sites is 2. The van der Waals surface area contributed by atoms with Crippen LogP contribution in [0.15, 0.2) is 66.9 Å². The van der Waals surface area contributed by atoms with Crippen LogP contribution in [0.25, 0.3) is 22.3 Å². The molecule has 5 rings (SSSR count). The fourth-order valence-electron chi connectivity index (χ4n) is 3.44. The van der Waals surface area contributed by atoms with Gasteiger partial charge in [0.15, 0.2) is 5.75 Å². The molecule has 28 heavy (non-hydrogen) atoms. The molecule has 1 aliphatic heterocycles. The summed E-state index contributed by atoms with van der Waals surface area (Å²) >= 11 is 0. The van der Waals surface area contributed by atoms with E-state index in [0.29, 0.717) is 22.3 Å². The van der Waals surface area contributed by atoms with Gasteiger partial charge in [-0.2, -0.15) is 13.2 Å². The average molecular weight is 380 g/mol. The summed E-state index contributed by atoms with van der Waals surface area (Å²) in [5.41, 5.74) is 0.761. The van der Waals surface area contributed by atoms with Crippen LogP contribution in [0.3, 0.4) is 0 Å². The number of pyridine rings is 1. The molecule has 0 bridgehead atoms. The molecule has 4 aromatic rings. The maximum absolute atomic E-state index is 13.4. The lowest BCUT2D eigenvalue weighted by Gasteiger charge is -2.16. The third kappa shape index (κ3) is 2.32. The molecule has 2 aromatic heterocycles. The zero-order valence-corrected chi connectivity index (χ0v) is 14.2. The van der Waals surface area contributed by atoms with Crippen molar-refractivity contribution in [1.82, 2.24) is 9.55 Å². The summed E-state index contributed by atoms with van der Waals surface area (Å²) < 4.78 is 47.4. The number of carbonyl (C=O) groups excluding carboxylic acids is 1.